The number of hydrogen-bond acceptors (Lipinski definition) is 3. The molecule has 5 heteroatoms. The Morgan fingerprint density at radius 2 is 1.59 bits per heavy atom. The van der Waals surface area contributed by atoms with Gasteiger partial charge in [-0.25, -0.2) is 0 Å². The lowest BCUT2D eigenvalue weighted by Crippen LogP contribution is -1.94. The van der Waals surface area contributed by atoms with E-state index < -0.39 is 7.73 Å². The highest BCUT2D eigenvalue weighted by atomic mass is 35.7. The van der Waals surface area contributed by atoms with E-state index in [0.717, 1.165) is 0 Å². The van der Waals surface area contributed by atoms with Crippen molar-refractivity contribution in [1.82, 2.24) is 0 Å². The van der Waals surface area contributed by atoms with Crippen molar-refractivity contribution in [2.45, 2.75) is 0 Å². The predicted octanol–water partition coefficient (Wildman–Crippen LogP) is 3.26. The van der Waals surface area contributed by atoms with E-state index >= 15 is 0 Å². The van der Waals surface area contributed by atoms with Crippen LogP contribution in [-0.2, 0) is 0 Å². The van der Waals surface area contributed by atoms with E-state index in [1.807, 2.05) is 0 Å². The minimum absolute atomic E-state index is 0.0969. The molecule has 0 saturated carbocycles. The molecule has 0 saturated heterocycles. The van der Waals surface area contributed by atoms with Crippen molar-refractivity contribution in [3.63, 3.8) is 0 Å². The van der Waals surface area contributed by atoms with E-state index in [9.17, 15) is 5.11 Å². The Morgan fingerprint density at radius 3 is 2.24 bits per heavy atom. The SMILES string of the molecule is [O-]c1ccccc1-c1ccccc1OP(O)Cl. The van der Waals surface area contributed by atoms with Gasteiger partial charge in [0.05, 0.1) is 0 Å². The lowest BCUT2D eigenvalue weighted by molar-refractivity contribution is -0.267. The third kappa shape index (κ3) is 2.89. The van der Waals surface area contributed by atoms with Crippen molar-refractivity contribution in [3.8, 4) is 22.6 Å². The average molecular weight is 268 g/mol. The zero-order valence-electron chi connectivity index (χ0n) is 8.71. The van der Waals surface area contributed by atoms with Crippen molar-refractivity contribution in [2.24, 2.45) is 0 Å². The predicted molar refractivity (Wildman–Crippen MR) is 66.9 cm³/mol. The van der Waals surface area contributed by atoms with E-state index in [2.05, 4.69) is 0 Å². The molecule has 0 aliphatic rings. The summed E-state index contributed by atoms with van der Waals surface area (Å²) in [5.74, 6) is 0.305. The Bertz CT molecular complexity index is 517. The minimum atomic E-state index is -2.02. The fourth-order valence-electron chi connectivity index (χ4n) is 1.54. The molecule has 2 aromatic carbocycles. The first-order chi connectivity index (χ1) is 8.18. The smallest absolute Gasteiger partial charge is 0.335 e. The summed E-state index contributed by atoms with van der Waals surface area (Å²) in [4.78, 5) is 9.08. The maximum Gasteiger partial charge on any atom is 0.335 e. The summed E-state index contributed by atoms with van der Waals surface area (Å²) in [5.41, 5.74) is 1.15. The molecule has 0 radical (unpaired) electrons. The lowest BCUT2D eigenvalue weighted by atomic mass is 10.0. The fraction of sp³-hybridized carbons (Fsp3) is 0. The van der Waals surface area contributed by atoms with Crippen LogP contribution in [0.2, 0.25) is 0 Å². The molecular weight excluding hydrogens is 259 g/mol. The molecular formula is C12H9ClO3P-. The zero-order valence-corrected chi connectivity index (χ0v) is 10.4. The molecule has 3 nitrogen and oxygen atoms in total. The normalized spacial score (nSPS) is 12.1. The zero-order chi connectivity index (χ0) is 12.3. The molecule has 0 fully saturated rings. The Morgan fingerprint density at radius 1 is 1.00 bits per heavy atom. The van der Waals surface area contributed by atoms with Gasteiger partial charge in [0.15, 0.2) is 0 Å². The lowest BCUT2D eigenvalue weighted by Gasteiger charge is -2.16. The molecule has 0 aromatic heterocycles. The third-order valence-electron chi connectivity index (χ3n) is 2.24. The maximum absolute atomic E-state index is 11.7. The quantitative estimate of drug-likeness (QED) is 0.869. The Hall–Kier alpha value is -1.28. The van der Waals surface area contributed by atoms with Gasteiger partial charge < -0.3 is 14.5 Å². The first kappa shape index (κ1) is 12.2. The van der Waals surface area contributed by atoms with Gasteiger partial charge in [-0.05, 0) is 22.9 Å². The third-order valence-corrected chi connectivity index (χ3v) is 2.79. The van der Waals surface area contributed by atoms with Gasteiger partial charge in [0.2, 0.25) is 0 Å². The van der Waals surface area contributed by atoms with Gasteiger partial charge in [-0.15, -0.1) is 5.75 Å². The van der Waals surface area contributed by atoms with Crippen LogP contribution in [0.25, 0.3) is 11.1 Å². The Labute approximate surface area is 105 Å². The van der Waals surface area contributed by atoms with Gasteiger partial charge in [0.25, 0.3) is 0 Å². The van der Waals surface area contributed by atoms with E-state index in [0.29, 0.717) is 16.9 Å². The molecule has 2 aromatic rings. The van der Waals surface area contributed by atoms with Crippen molar-refractivity contribution < 1.29 is 14.5 Å². The summed E-state index contributed by atoms with van der Waals surface area (Å²) in [6.45, 7) is 0. The second-order valence-corrected chi connectivity index (χ2v) is 4.81. The van der Waals surface area contributed by atoms with Gasteiger partial charge in [0.1, 0.15) is 5.75 Å². The Kier molecular flexibility index (Phi) is 3.85. The average Bonchev–Trinajstić information content (AvgIpc) is 2.30. The molecule has 0 aliphatic heterocycles. The number of halogens is 1. The minimum Gasteiger partial charge on any atom is -0.872 e. The molecule has 0 aliphatic carbocycles. The largest absolute Gasteiger partial charge is 0.872 e. The van der Waals surface area contributed by atoms with E-state index in [-0.39, 0.29) is 5.75 Å². The topological polar surface area (TPSA) is 52.5 Å². The maximum atomic E-state index is 11.7. The number of rotatable bonds is 3. The molecule has 0 heterocycles. The summed E-state index contributed by atoms with van der Waals surface area (Å²) in [6.07, 6.45) is 0. The van der Waals surface area contributed by atoms with Gasteiger partial charge >= 0.3 is 7.73 Å². The molecule has 0 spiro atoms. The van der Waals surface area contributed by atoms with Crippen molar-refractivity contribution >= 4 is 19.0 Å². The summed E-state index contributed by atoms with van der Waals surface area (Å²) in [6, 6.07) is 13.6. The second kappa shape index (κ2) is 5.37. The monoisotopic (exact) mass is 267 g/mol. The van der Waals surface area contributed by atoms with Gasteiger partial charge in [-0.1, -0.05) is 42.5 Å². The fourth-order valence-corrected chi connectivity index (χ4v) is 2.08. The molecule has 88 valence electrons. The van der Waals surface area contributed by atoms with Crippen LogP contribution in [-0.4, -0.2) is 4.89 Å². The Balaban J connectivity index is 2.48. The molecule has 1 N–H and O–H groups in total. The second-order valence-electron chi connectivity index (χ2n) is 3.31. The van der Waals surface area contributed by atoms with Gasteiger partial charge in [-0.3, -0.25) is 0 Å². The summed E-state index contributed by atoms with van der Waals surface area (Å²) in [7, 11) is -2.02. The molecule has 1 unspecified atom stereocenters. The van der Waals surface area contributed by atoms with Crippen LogP contribution < -0.4 is 9.63 Å². The molecule has 2 rings (SSSR count). The molecule has 0 bridgehead atoms. The summed E-state index contributed by atoms with van der Waals surface area (Å²) < 4.78 is 5.10. The standard InChI is InChI=1S/C12H10ClO3P/c13-17(15)16-12-8-4-2-6-10(12)9-5-1-3-7-11(9)14/h1-8,14-15H/p-1. The van der Waals surface area contributed by atoms with E-state index in [4.69, 9.17) is 20.7 Å². The van der Waals surface area contributed by atoms with E-state index in [1.165, 1.54) is 6.07 Å². The van der Waals surface area contributed by atoms with Crippen LogP contribution in [0.5, 0.6) is 11.5 Å². The highest BCUT2D eigenvalue weighted by Gasteiger charge is 2.09. The van der Waals surface area contributed by atoms with Gasteiger partial charge in [0, 0.05) is 5.56 Å². The van der Waals surface area contributed by atoms with Crippen molar-refractivity contribution in [3.05, 3.63) is 48.5 Å². The van der Waals surface area contributed by atoms with Crippen LogP contribution in [0.15, 0.2) is 48.5 Å². The van der Waals surface area contributed by atoms with Crippen molar-refractivity contribution in [1.29, 1.82) is 0 Å². The summed E-state index contributed by atoms with van der Waals surface area (Å²) in [5, 5.41) is 11.7. The van der Waals surface area contributed by atoms with Crippen LogP contribution in [0.4, 0.5) is 0 Å². The van der Waals surface area contributed by atoms with E-state index in [1.54, 1.807) is 42.5 Å². The molecule has 17 heavy (non-hydrogen) atoms. The number of hydrogen-bond donors (Lipinski definition) is 1. The molecule has 0 amide bonds. The number of para-hydroxylation sites is 2. The first-order valence-electron chi connectivity index (χ1n) is 4.86. The van der Waals surface area contributed by atoms with Gasteiger partial charge in [-0.2, -0.15) is 0 Å². The number of benzene rings is 2. The van der Waals surface area contributed by atoms with Crippen LogP contribution in [0.1, 0.15) is 0 Å². The first-order valence-corrected chi connectivity index (χ1v) is 6.98. The highest BCUT2D eigenvalue weighted by molar-refractivity contribution is 7.75. The molecule has 1 atom stereocenters. The van der Waals surface area contributed by atoms with Crippen LogP contribution in [0.3, 0.4) is 0 Å². The van der Waals surface area contributed by atoms with Crippen molar-refractivity contribution in [2.75, 3.05) is 0 Å². The summed E-state index contributed by atoms with van der Waals surface area (Å²) >= 11 is 5.43. The van der Waals surface area contributed by atoms with Crippen LogP contribution >= 0.6 is 19.0 Å². The van der Waals surface area contributed by atoms with Crippen LogP contribution in [0, 0.1) is 0 Å². The highest BCUT2D eigenvalue weighted by Crippen LogP contribution is 2.43.